The van der Waals surface area contributed by atoms with Crippen LogP contribution in [0, 0.1) is 5.92 Å². The van der Waals surface area contributed by atoms with E-state index in [-0.39, 0.29) is 6.04 Å². The second-order valence-corrected chi connectivity index (χ2v) is 5.42. The topological polar surface area (TPSA) is 40.2 Å². The minimum Gasteiger partial charge on any atom is -0.381 e. The summed E-state index contributed by atoms with van der Waals surface area (Å²) in [5.74, 6) is 0.790. The fourth-order valence-electron chi connectivity index (χ4n) is 3.17. The Bertz CT molecular complexity index is 380. The molecule has 0 spiro atoms. The average Bonchev–Trinajstić information content (AvgIpc) is 2.76. The van der Waals surface area contributed by atoms with Gasteiger partial charge >= 0.3 is 0 Å². The quantitative estimate of drug-likeness (QED) is 0.852. The number of rotatable bonds is 2. The van der Waals surface area contributed by atoms with E-state index in [0.717, 1.165) is 32.1 Å². The zero-order valence-corrected chi connectivity index (χ0v) is 10.4. The molecule has 2 N–H and O–H groups in total. The van der Waals surface area contributed by atoms with Crippen molar-refractivity contribution in [3.63, 3.8) is 0 Å². The molecule has 2 aliphatic rings. The van der Waals surface area contributed by atoms with Gasteiger partial charge in [0.05, 0.1) is 0 Å². The molecule has 1 aliphatic carbocycles. The van der Waals surface area contributed by atoms with Crippen LogP contribution >= 0.6 is 0 Å². The van der Waals surface area contributed by atoms with Gasteiger partial charge in [-0.05, 0) is 49.7 Å². The fourth-order valence-corrected chi connectivity index (χ4v) is 3.17. The van der Waals surface area contributed by atoms with Crippen LogP contribution in [0.1, 0.15) is 43.0 Å². The SMILES string of the molecule is NC1CCCc2c1ccn2CC1CCOCC1. The van der Waals surface area contributed by atoms with E-state index in [0.29, 0.717) is 0 Å². The summed E-state index contributed by atoms with van der Waals surface area (Å²) >= 11 is 0. The highest BCUT2D eigenvalue weighted by atomic mass is 16.5. The van der Waals surface area contributed by atoms with Gasteiger partial charge in [-0.3, -0.25) is 0 Å². The van der Waals surface area contributed by atoms with Gasteiger partial charge in [0.25, 0.3) is 0 Å². The maximum absolute atomic E-state index is 6.16. The summed E-state index contributed by atoms with van der Waals surface area (Å²) in [6.07, 6.45) is 8.25. The molecule has 1 saturated heterocycles. The smallest absolute Gasteiger partial charge is 0.0469 e. The monoisotopic (exact) mass is 234 g/mol. The van der Waals surface area contributed by atoms with Crippen molar-refractivity contribution in [2.45, 2.75) is 44.7 Å². The van der Waals surface area contributed by atoms with Gasteiger partial charge < -0.3 is 15.0 Å². The molecule has 0 radical (unpaired) electrons. The highest BCUT2D eigenvalue weighted by Gasteiger charge is 2.22. The molecule has 94 valence electrons. The first-order chi connectivity index (χ1) is 8.34. The van der Waals surface area contributed by atoms with Crippen LogP contribution in [0.3, 0.4) is 0 Å². The predicted molar refractivity (Wildman–Crippen MR) is 67.8 cm³/mol. The minimum absolute atomic E-state index is 0.273. The Morgan fingerprint density at radius 1 is 1.29 bits per heavy atom. The van der Waals surface area contributed by atoms with Crippen molar-refractivity contribution in [3.8, 4) is 0 Å². The molecule has 1 aliphatic heterocycles. The maximum atomic E-state index is 6.16. The van der Waals surface area contributed by atoms with E-state index in [1.54, 1.807) is 0 Å². The lowest BCUT2D eigenvalue weighted by molar-refractivity contribution is 0.0610. The standard InChI is InChI=1S/C14H22N2O/c15-13-2-1-3-14-12(13)4-7-16(14)10-11-5-8-17-9-6-11/h4,7,11,13H,1-3,5-6,8-10,15H2. The summed E-state index contributed by atoms with van der Waals surface area (Å²) in [6.45, 7) is 3.03. The van der Waals surface area contributed by atoms with Crippen LogP contribution in [0.2, 0.25) is 0 Å². The second-order valence-electron chi connectivity index (χ2n) is 5.42. The van der Waals surface area contributed by atoms with Crippen molar-refractivity contribution < 1.29 is 4.74 Å². The number of aromatic nitrogens is 1. The van der Waals surface area contributed by atoms with Gasteiger partial charge in [-0.15, -0.1) is 0 Å². The molecule has 3 rings (SSSR count). The lowest BCUT2D eigenvalue weighted by Gasteiger charge is -2.25. The summed E-state index contributed by atoms with van der Waals surface area (Å²) in [5.41, 5.74) is 9.05. The van der Waals surface area contributed by atoms with Gasteiger partial charge in [-0.1, -0.05) is 0 Å². The average molecular weight is 234 g/mol. The Morgan fingerprint density at radius 3 is 2.94 bits per heavy atom. The molecule has 1 unspecified atom stereocenters. The molecule has 1 atom stereocenters. The van der Waals surface area contributed by atoms with Gasteiger partial charge in [0, 0.05) is 37.7 Å². The van der Waals surface area contributed by atoms with Crippen LogP contribution < -0.4 is 5.73 Å². The number of fused-ring (bicyclic) bond motifs is 1. The van der Waals surface area contributed by atoms with E-state index in [1.807, 2.05) is 0 Å². The molecule has 3 nitrogen and oxygen atoms in total. The molecular weight excluding hydrogens is 212 g/mol. The third-order valence-corrected chi connectivity index (χ3v) is 4.24. The lowest BCUT2D eigenvalue weighted by Crippen LogP contribution is -2.23. The second kappa shape index (κ2) is 4.83. The number of ether oxygens (including phenoxy) is 1. The van der Waals surface area contributed by atoms with Crippen LogP contribution in [-0.2, 0) is 17.7 Å². The Morgan fingerprint density at radius 2 is 2.12 bits per heavy atom. The number of nitrogens with two attached hydrogens (primary N) is 1. The molecule has 0 saturated carbocycles. The Balaban J connectivity index is 1.74. The Kier molecular flexibility index (Phi) is 3.21. The van der Waals surface area contributed by atoms with Gasteiger partial charge in [0.2, 0.25) is 0 Å². The first kappa shape index (κ1) is 11.3. The van der Waals surface area contributed by atoms with Crippen molar-refractivity contribution >= 4 is 0 Å². The zero-order valence-electron chi connectivity index (χ0n) is 10.4. The molecular formula is C14H22N2O. The Labute approximate surface area is 103 Å². The summed E-state index contributed by atoms with van der Waals surface area (Å²) in [7, 11) is 0. The molecule has 0 amide bonds. The third kappa shape index (κ3) is 2.26. The minimum atomic E-state index is 0.273. The number of hydrogen-bond acceptors (Lipinski definition) is 2. The van der Waals surface area contributed by atoms with E-state index in [4.69, 9.17) is 10.5 Å². The highest BCUT2D eigenvalue weighted by Crippen LogP contribution is 2.30. The van der Waals surface area contributed by atoms with Crippen LogP contribution in [0.4, 0.5) is 0 Å². The van der Waals surface area contributed by atoms with E-state index < -0.39 is 0 Å². The largest absolute Gasteiger partial charge is 0.381 e. The number of hydrogen-bond donors (Lipinski definition) is 1. The van der Waals surface area contributed by atoms with E-state index >= 15 is 0 Å². The van der Waals surface area contributed by atoms with Crippen molar-refractivity contribution in [1.82, 2.24) is 4.57 Å². The molecule has 0 aromatic carbocycles. The van der Waals surface area contributed by atoms with E-state index in [1.165, 1.54) is 36.9 Å². The van der Waals surface area contributed by atoms with E-state index in [9.17, 15) is 0 Å². The van der Waals surface area contributed by atoms with Gasteiger partial charge in [-0.25, -0.2) is 0 Å². The van der Waals surface area contributed by atoms with Crippen LogP contribution in [0.25, 0.3) is 0 Å². The summed E-state index contributed by atoms with van der Waals surface area (Å²) < 4.78 is 7.87. The normalized spacial score (nSPS) is 25.8. The van der Waals surface area contributed by atoms with Gasteiger partial charge in [0.15, 0.2) is 0 Å². The maximum Gasteiger partial charge on any atom is 0.0469 e. The van der Waals surface area contributed by atoms with Crippen LogP contribution in [0.15, 0.2) is 12.3 Å². The molecule has 1 fully saturated rings. The van der Waals surface area contributed by atoms with Crippen LogP contribution in [0.5, 0.6) is 0 Å². The predicted octanol–water partition coefficient (Wildman–Crippen LogP) is 2.25. The first-order valence-corrected chi connectivity index (χ1v) is 6.86. The van der Waals surface area contributed by atoms with Crippen LogP contribution in [-0.4, -0.2) is 17.8 Å². The molecule has 1 aromatic rings. The summed E-state index contributed by atoms with van der Waals surface area (Å²) in [5, 5.41) is 0. The Hall–Kier alpha value is -0.800. The van der Waals surface area contributed by atoms with E-state index in [2.05, 4.69) is 16.8 Å². The summed E-state index contributed by atoms with van der Waals surface area (Å²) in [6, 6.07) is 2.51. The molecule has 2 heterocycles. The highest BCUT2D eigenvalue weighted by molar-refractivity contribution is 5.28. The summed E-state index contributed by atoms with van der Waals surface area (Å²) in [4.78, 5) is 0. The molecule has 17 heavy (non-hydrogen) atoms. The van der Waals surface area contributed by atoms with Crippen molar-refractivity contribution in [2.24, 2.45) is 11.7 Å². The molecule has 1 aromatic heterocycles. The van der Waals surface area contributed by atoms with Crippen molar-refractivity contribution in [3.05, 3.63) is 23.5 Å². The van der Waals surface area contributed by atoms with Crippen molar-refractivity contribution in [2.75, 3.05) is 13.2 Å². The fraction of sp³-hybridized carbons (Fsp3) is 0.714. The first-order valence-electron chi connectivity index (χ1n) is 6.86. The molecule has 3 heteroatoms. The lowest BCUT2D eigenvalue weighted by atomic mass is 9.93. The third-order valence-electron chi connectivity index (χ3n) is 4.24. The molecule has 0 bridgehead atoms. The zero-order chi connectivity index (χ0) is 11.7. The van der Waals surface area contributed by atoms with Gasteiger partial charge in [0.1, 0.15) is 0 Å². The van der Waals surface area contributed by atoms with Crippen molar-refractivity contribution in [1.29, 1.82) is 0 Å². The number of nitrogens with zero attached hydrogens (tertiary/aromatic N) is 1. The van der Waals surface area contributed by atoms with Gasteiger partial charge in [-0.2, -0.15) is 0 Å².